The van der Waals surface area contributed by atoms with Gasteiger partial charge in [0.1, 0.15) is 0 Å². The fourth-order valence-electron chi connectivity index (χ4n) is 2.16. The first-order valence-electron chi connectivity index (χ1n) is 5.68. The highest BCUT2D eigenvalue weighted by Gasteiger charge is 2.14. The lowest BCUT2D eigenvalue weighted by atomic mass is 10.0. The minimum Gasteiger partial charge on any atom is -0.454 e. The van der Waals surface area contributed by atoms with E-state index < -0.39 is 0 Å². The maximum absolute atomic E-state index is 5.37. The summed E-state index contributed by atoms with van der Waals surface area (Å²) in [7, 11) is 4.21. The quantitative estimate of drug-likeness (QED) is 0.828. The van der Waals surface area contributed by atoms with Crippen molar-refractivity contribution >= 4 is 12.4 Å². The molecule has 0 saturated heterocycles. The SMILES string of the molecule is CC(Cc1ccc2c(c1)OCO2)CN(C)C.Cl. The summed E-state index contributed by atoms with van der Waals surface area (Å²) in [5, 5.41) is 0. The van der Waals surface area contributed by atoms with Crippen LogP contribution < -0.4 is 9.47 Å². The second kappa shape index (κ2) is 6.12. The van der Waals surface area contributed by atoms with Crippen LogP contribution >= 0.6 is 12.4 Å². The first-order chi connectivity index (χ1) is 7.65. The maximum atomic E-state index is 5.37. The number of ether oxygens (including phenoxy) is 2. The van der Waals surface area contributed by atoms with E-state index >= 15 is 0 Å². The Balaban J connectivity index is 0.00000144. The van der Waals surface area contributed by atoms with Crippen LogP contribution in [-0.2, 0) is 6.42 Å². The second-order valence-corrected chi connectivity index (χ2v) is 4.76. The van der Waals surface area contributed by atoms with E-state index in [0.29, 0.717) is 12.7 Å². The van der Waals surface area contributed by atoms with Crippen molar-refractivity contribution < 1.29 is 9.47 Å². The molecule has 1 unspecified atom stereocenters. The summed E-state index contributed by atoms with van der Waals surface area (Å²) < 4.78 is 10.7. The lowest BCUT2D eigenvalue weighted by molar-refractivity contribution is 0.174. The summed E-state index contributed by atoms with van der Waals surface area (Å²) in [5.41, 5.74) is 1.32. The Labute approximate surface area is 109 Å². The Morgan fingerprint density at radius 3 is 2.65 bits per heavy atom. The lowest BCUT2D eigenvalue weighted by Crippen LogP contribution is -2.21. The molecule has 0 saturated carbocycles. The number of halogens is 1. The molecule has 0 radical (unpaired) electrons. The van der Waals surface area contributed by atoms with Crippen LogP contribution in [0.5, 0.6) is 11.5 Å². The largest absolute Gasteiger partial charge is 0.454 e. The molecule has 3 nitrogen and oxygen atoms in total. The molecule has 0 aliphatic carbocycles. The molecular formula is C13H20ClNO2. The molecule has 2 rings (SSSR count). The standard InChI is InChI=1S/C13H19NO2.ClH/c1-10(8-14(2)3)6-11-4-5-12-13(7-11)16-9-15-12;/h4-5,7,10H,6,8-9H2,1-3H3;1H. The summed E-state index contributed by atoms with van der Waals surface area (Å²) in [6, 6.07) is 6.22. The van der Waals surface area contributed by atoms with E-state index in [0.717, 1.165) is 24.5 Å². The summed E-state index contributed by atoms with van der Waals surface area (Å²) in [4.78, 5) is 2.22. The molecule has 0 aromatic heterocycles. The monoisotopic (exact) mass is 257 g/mol. The van der Waals surface area contributed by atoms with Crippen molar-refractivity contribution in [3.05, 3.63) is 23.8 Å². The van der Waals surface area contributed by atoms with E-state index in [1.807, 2.05) is 6.07 Å². The first-order valence-corrected chi connectivity index (χ1v) is 5.68. The van der Waals surface area contributed by atoms with Gasteiger partial charge in [-0.2, -0.15) is 0 Å². The third-order valence-corrected chi connectivity index (χ3v) is 2.70. The van der Waals surface area contributed by atoms with E-state index in [4.69, 9.17) is 9.47 Å². The van der Waals surface area contributed by atoms with Crippen molar-refractivity contribution in [1.29, 1.82) is 0 Å². The van der Waals surface area contributed by atoms with E-state index in [9.17, 15) is 0 Å². The minimum atomic E-state index is 0. The number of rotatable bonds is 4. The Morgan fingerprint density at radius 1 is 1.24 bits per heavy atom. The molecule has 1 aliphatic heterocycles. The van der Waals surface area contributed by atoms with Gasteiger partial charge >= 0.3 is 0 Å². The maximum Gasteiger partial charge on any atom is 0.231 e. The first kappa shape index (κ1) is 14.1. The van der Waals surface area contributed by atoms with Gasteiger partial charge < -0.3 is 14.4 Å². The molecule has 0 spiro atoms. The van der Waals surface area contributed by atoms with E-state index in [-0.39, 0.29) is 12.4 Å². The Kier molecular flexibility index (Phi) is 5.09. The Bertz CT molecular complexity index is 368. The third-order valence-electron chi connectivity index (χ3n) is 2.70. The van der Waals surface area contributed by atoms with Crippen molar-refractivity contribution in [2.75, 3.05) is 27.4 Å². The molecule has 1 aliphatic rings. The number of fused-ring (bicyclic) bond motifs is 1. The van der Waals surface area contributed by atoms with Gasteiger partial charge in [-0.1, -0.05) is 13.0 Å². The normalized spacial score (nSPS) is 14.6. The topological polar surface area (TPSA) is 21.7 Å². The average molecular weight is 258 g/mol. The molecule has 0 bridgehead atoms. The summed E-state index contributed by atoms with van der Waals surface area (Å²) in [6.45, 7) is 3.73. The predicted octanol–water partition coefficient (Wildman–Crippen LogP) is 2.58. The third kappa shape index (κ3) is 3.79. The van der Waals surface area contributed by atoms with Crippen molar-refractivity contribution in [3.8, 4) is 11.5 Å². The van der Waals surface area contributed by atoms with Crippen molar-refractivity contribution in [2.45, 2.75) is 13.3 Å². The molecule has 96 valence electrons. The van der Waals surface area contributed by atoms with Gasteiger partial charge in [-0.25, -0.2) is 0 Å². The van der Waals surface area contributed by atoms with Crippen LogP contribution in [0.2, 0.25) is 0 Å². The van der Waals surface area contributed by atoms with Crippen molar-refractivity contribution in [2.24, 2.45) is 5.92 Å². The second-order valence-electron chi connectivity index (χ2n) is 4.76. The molecule has 0 fully saturated rings. The van der Waals surface area contributed by atoms with Crippen LogP contribution in [-0.4, -0.2) is 32.3 Å². The molecule has 4 heteroatoms. The Hall–Kier alpha value is -0.930. The minimum absolute atomic E-state index is 0. The van der Waals surface area contributed by atoms with Crippen LogP contribution in [0.1, 0.15) is 12.5 Å². The van der Waals surface area contributed by atoms with Gasteiger partial charge in [0, 0.05) is 6.54 Å². The highest BCUT2D eigenvalue weighted by molar-refractivity contribution is 5.85. The summed E-state index contributed by atoms with van der Waals surface area (Å²) in [6.07, 6.45) is 1.08. The zero-order chi connectivity index (χ0) is 11.5. The average Bonchev–Trinajstić information content (AvgIpc) is 2.63. The van der Waals surface area contributed by atoms with E-state index in [1.165, 1.54) is 5.56 Å². The number of hydrogen-bond acceptors (Lipinski definition) is 3. The van der Waals surface area contributed by atoms with E-state index in [1.54, 1.807) is 0 Å². The van der Waals surface area contributed by atoms with Gasteiger partial charge in [-0.3, -0.25) is 0 Å². The lowest BCUT2D eigenvalue weighted by Gasteiger charge is -2.16. The van der Waals surface area contributed by atoms with Crippen LogP contribution in [0.3, 0.4) is 0 Å². The highest BCUT2D eigenvalue weighted by atomic mass is 35.5. The predicted molar refractivity (Wildman–Crippen MR) is 71.2 cm³/mol. The van der Waals surface area contributed by atoms with Gasteiger partial charge in [0.05, 0.1) is 0 Å². The number of benzene rings is 1. The molecule has 0 amide bonds. The zero-order valence-electron chi connectivity index (χ0n) is 10.6. The zero-order valence-corrected chi connectivity index (χ0v) is 11.4. The molecule has 1 aromatic rings. The van der Waals surface area contributed by atoms with Crippen LogP contribution in [0.15, 0.2) is 18.2 Å². The van der Waals surface area contributed by atoms with Crippen molar-refractivity contribution in [3.63, 3.8) is 0 Å². The van der Waals surface area contributed by atoms with Gasteiger partial charge in [0.2, 0.25) is 6.79 Å². The highest BCUT2D eigenvalue weighted by Crippen LogP contribution is 2.33. The molecule has 0 N–H and O–H groups in total. The van der Waals surface area contributed by atoms with E-state index in [2.05, 4.69) is 38.1 Å². The fourth-order valence-corrected chi connectivity index (χ4v) is 2.16. The fraction of sp³-hybridized carbons (Fsp3) is 0.538. The number of hydrogen-bond donors (Lipinski definition) is 0. The molecule has 1 heterocycles. The van der Waals surface area contributed by atoms with Gasteiger partial charge in [-0.15, -0.1) is 12.4 Å². The molecule has 1 aromatic carbocycles. The summed E-state index contributed by atoms with van der Waals surface area (Å²) >= 11 is 0. The smallest absolute Gasteiger partial charge is 0.231 e. The summed E-state index contributed by atoms with van der Waals surface area (Å²) in [5.74, 6) is 2.40. The molecular weight excluding hydrogens is 238 g/mol. The van der Waals surface area contributed by atoms with Crippen LogP contribution in [0.4, 0.5) is 0 Å². The Morgan fingerprint density at radius 2 is 1.94 bits per heavy atom. The molecule has 1 atom stereocenters. The van der Waals surface area contributed by atoms with Crippen LogP contribution in [0, 0.1) is 5.92 Å². The van der Waals surface area contributed by atoms with Gasteiger partial charge in [0.15, 0.2) is 11.5 Å². The number of nitrogens with zero attached hydrogens (tertiary/aromatic N) is 1. The van der Waals surface area contributed by atoms with Crippen LogP contribution in [0.25, 0.3) is 0 Å². The van der Waals surface area contributed by atoms with Gasteiger partial charge in [-0.05, 0) is 44.1 Å². The molecule has 17 heavy (non-hydrogen) atoms. The van der Waals surface area contributed by atoms with Crippen molar-refractivity contribution in [1.82, 2.24) is 4.90 Å². The van der Waals surface area contributed by atoms with Gasteiger partial charge in [0.25, 0.3) is 0 Å².